The van der Waals surface area contributed by atoms with Gasteiger partial charge in [-0.05, 0) is 37.1 Å². The number of rotatable bonds is 8. The van der Waals surface area contributed by atoms with Crippen molar-refractivity contribution in [1.29, 1.82) is 0 Å². The molecule has 0 radical (unpaired) electrons. The van der Waals surface area contributed by atoms with E-state index in [2.05, 4.69) is 20.7 Å². The summed E-state index contributed by atoms with van der Waals surface area (Å²) in [5.41, 5.74) is 0.438. The number of amides is 2. The second-order valence-electron chi connectivity index (χ2n) is 9.75. The molecule has 5 rings (SSSR count). The van der Waals surface area contributed by atoms with Gasteiger partial charge >= 0.3 is 6.18 Å². The fourth-order valence-corrected chi connectivity index (χ4v) is 4.76. The molecule has 3 aromatic rings. The zero-order valence-corrected chi connectivity index (χ0v) is 21.8. The van der Waals surface area contributed by atoms with Crippen LogP contribution in [0.1, 0.15) is 41.6 Å². The van der Waals surface area contributed by atoms with Gasteiger partial charge in [0.25, 0.3) is 5.91 Å². The van der Waals surface area contributed by atoms with Crippen molar-refractivity contribution < 1.29 is 32.2 Å². The van der Waals surface area contributed by atoms with Crippen LogP contribution in [-0.4, -0.2) is 58.5 Å². The number of nitrogens with one attached hydrogen (secondary N) is 2. The van der Waals surface area contributed by atoms with Gasteiger partial charge in [-0.3, -0.25) is 14.3 Å². The summed E-state index contributed by atoms with van der Waals surface area (Å²) in [6, 6.07) is 6.42. The first kappa shape index (κ1) is 27.4. The maximum Gasteiger partial charge on any atom is 0.417 e. The normalized spacial score (nSPS) is 16.2. The lowest BCUT2D eigenvalue weighted by atomic mass is 10.1. The van der Waals surface area contributed by atoms with Crippen LogP contribution < -0.4 is 20.3 Å². The second kappa shape index (κ2) is 11.5. The molecule has 0 bridgehead atoms. The number of benzene rings is 1. The lowest BCUT2D eigenvalue weighted by Gasteiger charge is -2.31. The SMILES string of the molecule is Cn1cc(NC(=O)[C@H](COC2CCCC2)NC(=O)c2cccc(N3CCOc4ncc(C(F)(F)F)cc43)c2)cn1. The topological polar surface area (TPSA) is 111 Å². The molecule has 10 nitrogen and oxygen atoms in total. The number of hydrogen-bond donors (Lipinski definition) is 2. The first-order chi connectivity index (χ1) is 19.2. The van der Waals surface area contributed by atoms with Crippen LogP contribution in [0.4, 0.5) is 30.2 Å². The Morgan fingerprint density at radius 1 is 1.20 bits per heavy atom. The average Bonchev–Trinajstić information content (AvgIpc) is 3.61. The molecule has 40 heavy (non-hydrogen) atoms. The molecule has 0 saturated heterocycles. The molecule has 1 fully saturated rings. The number of aryl methyl sites for hydroxylation is 1. The lowest BCUT2D eigenvalue weighted by Crippen LogP contribution is -2.47. The second-order valence-corrected chi connectivity index (χ2v) is 9.75. The van der Waals surface area contributed by atoms with E-state index in [1.807, 2.05) is 0 Å². The van der Waals surface area contributed by atoms with Gasteiger partial charge in [0.1, 0.15) is 18.3 Å². The Morgan fingerprint density at radius 3 is 2.73 bits per heavy atom. The number of anilines is 3. The van der Waals surface area contributed by atoms with Crippen molar-refractivity contribution in [3.8, 4) is 5.88 Å². The van der Waals surface area contributed by atoms with Gasteiger partial charge in [0, 0.05) is 30.7 Å². The minimum Gasteiger partial charge on any atom is -0.474 e. The number of pyridine rings is 1. The molecule has 1 saturated carbocycles. The molecule has 3 heterocycles. The zero-order valence-electron chi connectivity index (χ0n) is 21.8. The number of nitrogens with zero attached hydrogens (tertiary/aromatic N) is 4. The van der Waals surface area contributed by atoms with Crippen molar-refractivity contribution in [3.05, 3.63) is 60.0 Å². The van der Waals surface area contributed by atoms with Crippen molar-refractivity contribution in [2.75, 3.05) is 30.0 Å². The van der Waals surface area contributed by atoms with Crippen LogP contribution in [0.3, 0.4) is 0 Å². The average molecular weight is 559 g/mol. The van der Waals surface area contributed by atoms with Crippen molar-refractivity contribution >= 4 is 28.9 Å². The van der Waals surface area contributed by atoms with Gasteiger partial charge in [-0.2, -0.15) is 18.3 Å². The molecular weight excluding hydrogens is 529 g/mol. The van der Waals surface area contributed by atoms with E-state index in [9.17, 15) is 22.8 Å². The quantitative estimate of drug-likeness (QED) is 0.429. The van der Waals surface area contributed by atoms with E-state index >= 15 is 0 Å². The number of carbonyl (C=O) groups is 2. The van der Waals surface area contributed by atoms with Gasteiger partial charge in [0.15, 0.2) is 0 Å². The van der Waals surface area contributed by atoms with Crippen LogP contribution in [0, 0.1) is 0 Å². The van der Waals surface area contributed by atoms with E-state index < -0.39 is 29.6 Å². The van der Waals surface area contributed by atoms with Gasteiger partial charge in [-0.15, -0.1) is 0 Å². The van der Waals surface area contributed by atoms with Gasteiger partial charge in [-0.25, -0.2) is 4.98 Å². The molecule has 0 unspecified atom stereocenters. The largest absolute Gasteiger partial charge is 0.474 e. The Bertz CT molecular complexity index is 1370. The van der Waals surface area contributed by atoms with Crippen molar-refractivity contribution in [3.63, 3.8) is 0 Å². The van der Waals surface area contributed by atoms with E-state index in [0.29, 0.717) is 11.4 Å². The van der Waals surface area contributed by atoms with E-state index in [-0.39, 0.29) is 43.0 Å². The Kier molecular flexibility index (Phi) is 7.92. The van der Waals surface area contributed by atoms with E-state index in [1.165, 1.54) is 6.20 Å². The lowest BCUT2D eigenvalue weighted by molar-refractivity contribution is -0.137. The maximum absolute atomic E-state index is 13.3. The fraction of sp³-hybridized carbons (Fsp3) is 0.407. The highest BCUT2D eigenvalue weighted by Crippen LogP contribution is 2.39. The number of hydrogen-bond acceptors (Lipinski definition) is 7. The molecule has 1 atom stereocenters. The van der Waals surface area contributed by atoms with E-state index in [4.69, 9.17) is 9.47 Å². The molecule has 1 aliphatic carbocycles. The van der Waals surface area contributed by atoms with Crippen LogP contribution in [0.2, 0.25) is 0 Å². The minimum absolute atomic E-state index is 0.00901. The maximum atomic E-state index is 13.3. The number of halogens is 3. The summed E-state index contributed by atoms with van der Waals surface area (Å²) in [5, 5.41) is 9.54. The Balaban J connectivity index is 1.34. The Morgan fingerprint density at radius 2 is 2.00 bits per heavy atom. The molecule has 2 N–H and O–H groups in total. The first-order valence-electron chi connectivity index (χ1n) is 13.0. The Hall–Kier alpha value is -4.13. The molecular formula is C27H29F3N6O4. The highest BCUT2D eigenvalue weighted by Gasteiger charge is 2.34. The number of fused-ring (bicyclic) bond motifs is 1. The predicted molar refractivity (Wildman–Crippen MR) is 139 cm³/mol. The number of aromatic nitrogens is 3. The summed E-state index contributed by atoms with van der Waals surface area (Å²) in [5.74, 6) is -0.910. The highest BCUT2D eigenvalue weighted by molar-refractivity contribution is 6.01. The third-order valence-electron chi connectivity index (χ3n) is 6.82. The molecule has 2 amide bonds. The van der Waals surface area contributed by atoms with Crippen LogP contribution in [-0.2, 0) is 22.8 Å². The summed E-state index contributed by atoms with van der Waals surface area (Å²) < 4.78 is 53.0. The third kappa shape index (κ3) is 6.36. The predicted octanol–water partition coefficient (Wildman–Crippen LogP) is 4.06. The summed E-state index contributed by atoms with van der Waals surface area (Å²) in [7, 11) is 1.72. The smallest absolute Gasteiger partial charge is 0.417 e. The van der Waals surface area contributed by atoms with E-state index in [0.717, 1.165) is 37.9 Å². The summed E-state index contributed by atoms with van der Waals surface area (Å²) in [6.45, 7) is 0.453. The molecule has 1 aromatic carbocycles. The first-order valence-corrected chi connectivity index (χ1v) is 13.0. The number of carbonyl (C=O) groups excluding carboxylic acids is 2. The minimum atomic E-state index is -4.57. The van der Waals surface area contributed by atoms with Gasteiger partial charge < -0.3 is 25.0 Å². The van der Waals surface area contributed by atoms with Crippen LogP contribution in [0.5, 0.6) is 5.88 Å². The number of alkyl halides is 3. The van der Waals surface area contributed by atoms with Gasteiger partial charge in [-0.1, -0.05) is 18.9 Å². The molecule has 1 aliphatic heterocycles. The van der Waals surface area contributed by atoms with Gasteiger partial charge in [0.2, 0.25) is 11.8 Å². The zero-order chi connectivity index (χ0) is 28.3. The van der Waals surface area contributed by atoms with Crippen LogP contribution in [0.25, 0.3) is 0 Å². The third-order valence-corrected chi connectivity index (χ3v) is 6.82. The number of ether oxygens (including phenoxy) is 2. The molecule has 2 aromatic heterocycles. The highest BCUT2D eigenvalue weighted by atomic mass is 19.4. The summed E-state index contributed by atoms with van der Waals surface area (Å²) in [4.78, 5) is 31.9. The summed E-state index contributed by atoms with van der Waals surface area (Å²) >= 11 is 0. The molecule has 13 heteroatoms. The fourth-order valence-electron chi connectivity index (χ4n) is 4.76. The van der Waals surface area contributed by atoms with Crippen molar-refractivity contribution in [1.82, 2.24) is 20.1 Å². The van der Waals surface area contributed by atoms with Gasteiger partial charge in [0.05, 0.1) is 36.7 Å². The monoisotopic (exact) mass is 558 g/mol. The Labute approximate surface area is 228 Å². The van der Waals surface area contributed by atoms with E-state index in [1.54, 1.807) is 47.1 Å². The van der Waals surface area contributed by atoms with Crippen LogP contribution in [0.15, 0.2) is 48.9 Å². The molecule has 0 spiro atoms. The molecule has 2 aliphatic rings. The van der Waals surface area contributed by atoms with Crippen molar-refractivity contribution in [2.45, 2.75) is 44.0 Å². The summed E-state index contributed by atoms with van der Waals surface area (Å²) in [6.07, 6.45) is 3.24. The van der Waals surface area contributed by atoms with Crippen molar-refractivity contribution in [2.24, 2.45) is 7.05 Å². The molecule has 212 valence electrons. The van der Waals surface area contributed by atoms with Crippen LogP contribution >= 0.6 is 0 Å². The standard InChI is InChI=1S/C27H29F3N6O4/c1-35-15-19(14-32-35)33-25(38)22(16-40-21-7-2-3-8-21)34-24(37)17-5-4-6-20(11-17)36-9-10-39-26-23(36)12-18(13-31-26)27(28,29)30/h4-6,11-15,21-22H,2-3,7-10,16H2,1H3,(H,33,38)(H,34,37)/t22-/m0/s1.